The molecule has 2 heterocycles. The molecule has 0 amide bonds. The number of fused-ring (bicyclic) bond motifs is 1. The van der Waals surface area contributed by atoms with Gasteiger partial charge in [-0.15, -0.1) is 0 Å². The standard InChI is InChI=1S/C18H11ClN4OS.Na/c19-13-8-5-12(6-9-13)17(24)23-16(21-22-18(23)25)15-10-7-11-3-1-2-4-14(11)20-15;/h1-10H,(H,20,22,25);/q;+1/p-1. The summed E-state index contributed by atoms with van der Waals surface area (Å²) in [4.78, 5) is 17.4. The van der Waals surface area contributed by atoms with E-state index in [9.17, 15) is 4.79 Å². The SMILES string of the molecule is O=C(c1ccc(Cl)cc1)n1c(-c2ccc3ccccc3n2)n[n-]c1=S.[Na+]. The Morgan fingerprint density at radius 2 is 1.77 bits per heavy atom. The Balaban J connectivity index is 0.00000196. The van der Waals surface area contributed by atoms with Crippen molar-refractivity contribution in [3.05, 3.63) is 76.0 Å². The summed E-state index contributed by atoms with van der Waals surface area (Å²) < 4.78 is 1.38. The van der Waals surface area contributed by atoms with Crippen LogP contribution in [0.3, 0.4) is 0 Å². The third-order valence-electron chi connectivity index (χ3n) is 3.76. The maximum absolute atomic E-state index is 12.8. The second-order valence-electron chi connectivity index (χ2n) is 5.34. The summed E-state index contributed by atoms with van der Waals surface area (Å²) in [5.74, 6) is -0.00710. The quantitative estimate of drug-likeness (QED) is 0.380. The zero-order valence-corrected chi connectivity index (χ0v) is 17.3. The van der Waals surface area contributed by atoms with E-state index in [1.54, 1.807) is 30.3 Å². The molecule has 5 nitrogen and oxygen atoms in total. The van der Waals surface area contributed by atoms with E-state index in [4.69, 9.17) is 23.8 Å². The second kappa shape index (κ2) is 7.82. The van der Waals surface area contributed by atoms with Gasteiger partial charge in [0, 0.05) is 20.7 Å². The van der Waals surface area contributed by atoms with Gasteiger partial charge in [-0.2, -0.15) is 0 Å². The van der Waals surface area contributed by atoms with E-state index in [0.29, 0.717) is 22.1 Å². The molecule has 8 heteroatoms. The van der Waals surface area contributed by atoms with Crippen LogP contribution in [-0.2, 0) is 0 Å². The zero-order chi connectivity index (χ0) is 17.4. The molecule has 26 heavy (non-hydrogen) atoms. The van der Waals surface area contributed by atoms with E-state index in [0.717, 1.165) is 10.9 Å². The molecule has 0 aliphatic heterocycles. The molecule has 0 atom stereocenters. The molecule has 2 aromatic heterocycles. The van der Waals surface area contributed by atoms with Crippen LogP contribution in [0.1, 0.15) is 10.4 Å². The molecular weight excluding hydrogens is 379 g/mol. The topological polar surface area (TPSA) is 61.9 Å². The summed E-state index contributed by atoms with van der Waals surface area (Å²) in [5.41, 5.74) is 1.78. The number of rotatable bonds is 2. The normalized spacial score (nSPS) is 10.5. The van der Waals surface area contributed by atoms with Crippen molar-refractivity contribution < 1.29 is 34.4 Å². The van der Waals surface area contributed by atoms with E-state index in [-0.39, 0.29) is 40.2 Å². The summed E-state index contributed by atoms with van der Waals surface area (Å²) in [6, 6.07) is 18.0. The van der Waals surface area contributed by atoms with E-state index in [1.165, 1.54) is 4.57 Å². The summed E-state index contributed by atoms with van der Waals surface area (Å²) in [6.45, 7) is 0. The Morgan fingerprint density at radius 1 is 1.04 bits per heavy atom. The molecule has 0 aliphatic rings. The summed E-state index contributed by atoms with van der Waals surface area (Å²) in [5, 5.41) is 9.49. The largest absolute Gasteiger partial charge is 1.00 e. The van der Waals surface area contributed by atoms with Gasteiger partial charge in [-0.25, -0.2) is 4.98 Å². The number of para-hydroxylation sites is 1. The summed E-state index contributed by atoms with van der Waals surface area (Å²) in [6.07, 6.45) is 0. The summed E-state index contributed by atoms with van der Waals surface area (Å²) >= 11 is 11.1. The minimum Gasteiger partial charge on any atom is -0.356 e. The first-order chi connectivity index (χ1) is 12.1. The maximum atomic E-state index is 12.8. The first-order valence-corrected chi connectivity index (χ1v) is 8.21. The Labute approximate surface area is 181 Å². The average molecular weight is 389 g/mol. The van der Waals surface area contributed by atoms with Crippen molar-refractivity contribution in [1.29, 1.82) is 0 Å². The molecule has 0 fully saturated rings. The molecule has 0 N–H and O–H groups in total. The van der Waals surface area contributed by atoms with E-state index < -0.39 is 0 Å². The Bertz CT molecular complexity index is 1150. The summed E-state index contributed by atoms with van der Waals surface area (Å²) in [7, 11) is 0. The van der Waals surface area contributed by atoms with Crippen LogP contribution in [-0.4, -0.2) is 20.6 Å². The fourth-order valence-electron chi connectivity index (χ4n) is 2.53. The number of nitrogens with zero attached hydrogens (tertiary/aromatic N) is 4. The Hall–Kier alpha value is -1.83. The molecule has 4 rings (SSSR count). The number of hydrogen-bond donors (Lipinski definition) is 0. The van der Waals surface area contributed by atoms with Crippen molar-refractivity contribution in [3.63, 3.8) is 0 Å². The van der Waals surface area contributed by atoms with Gasteiger partial charge in [-0.05, 0) is 36.4 Å². The number of hydrogen-bond acceptors (Lipinski definition) is 4. The van der Waals surface area contributed by atoms with Gasteiger partial charge < -0.3 is 9.67 Å². The molecular formula is C18H10ClN4NaOS. The van der Waals surface area contributed by atoms with Crippen molar-refractivity contribution >= 4 is 40.6 Å². The smallest absolute Gasteiger partial charge is 0.356 e. The molecule has 2 aromatic carbocycles. The Kier molecular flexibility index (Phi) is 5.70. The van der Waals surface area contributed by atoms with Crippen LogP contribution in [0.15, 0.2) is 60.7 Å². The van der Waals surface area contributed by atoms with Gasteiger partial charge in [-0.3, -0.25) is 9.89 Å². The average Bonchev–Trinajstić information content (AvgIpc) is 3.03. The minimum atomic E-state index is -0.323. The zero-order valence-electron chi connectivity index (χ0n) is 13.8. The van der Waals surface area contributed by atoms with Crippen LogP contribution < -0.4 is 34.7 Å². The van der Waals surface area contributed by atoms with Crippen molar-refractivity contribution in [2.75, 3.05) is 0 Å². The van der Waals surface area contributed by atoms with Crippen LogP contribution in [0.4, 0.5) is 0 Å². The van der Waals surface area contributed by atoms with Gasteiger partial charge in [0.1, 0.15) is 0 Å². The van der Waals surface area contributed by atoms with Gasteiger partial charge in [0.15, 0.2) is 5.91 Å². The third kappa shape index (κ3) is 3.51. The van der Waals surface area contributed by atoms with Crippen molar-refractivity contribution in [1.82, 2.24) is 19.7 Å². The molecule has 0 saturated heterocycles. The third-order valence-corrected chi connectivity index (χ3v) is 4.27. The number of aromatic nitrogens is 4. The van der Waals surface area contributed by atoms with Gasteiger partial charge >= 0.3 is 29.6 Å². The van der Waals surface area contributed by atoms with Crippen LogP contribution in [0.25, 0.3) is 22.4 Å². The van der Waals surface area contributed by atoms with Crippen LogP contribution in [0.2, 0.25) is 5.02 Å². The van der Waals surface area contributed by atoms with E-state index >= 15 is 0 Å². The molecule has 0 spiro atoms. The monoisotopic (exact) mass is 388 g/mol. The van der Waals surface area contributed by atoms with E-state index in [1.807, 2.05) is 30.3 Å². The predicted molar refractivity (Wildman–Crippen MR) is 98.3 cm³/mol. The minimum absolute atomic E-state index is 0. The number of benzene rings is 2. The van der Waals surface area contributed by atoms with E-state index in [2.05, 4.69) is 15.2 Å². The molecule has 4 aromatic rings. The van der Waals surface area contributed by atoms with Crippen LogP contribution in [0.5, 0.6) is 0 Å². The number of pyridine rings is 1. The van der Waals surface area contributed by atoms with Crippen molar-refractivity contribution in [2.24, 2.45) is 0 Å². The molecule has 0 radical (unpaired) electrons. The number of carbonyl (C=O) groups excluding carboxylic acids is 1. The van der Waals surface area contributed by atoms with Gasteiger partial charge in [-0.1, -0.05) is 48.1 Å². The first-order valence-electron chi connectivity index (χ1n) is 7.42. The predicted octanol–water partition coefficient (Wildman–Crippen LogP) is 1.13. The molecule has 0 saturated carbocycles. The van der Waals surface area contributed by atoms with Gasteiger partial charge in [0.2, 0.25) is 0 Å². The second-order valence-corrected chi connectivity index (χ2v) is 6.14. The fraction of sp³-hybridized carbons (Fsp3) is 0. The maximum Gasteiger partial charge on any atom is 1.00 e. The Morgan fingerprint density at radius 3 is 2.54 bits per heavy atom. The van der Waals surface area contributed by atoms with Crippen LogP contribution >= 0.6 is 23.8 Å². The molecule has 0 bridgehead atoms. The molecule has 0 unspecified atom stereocenters. The molecule has 0 aliphatic carbocycles. The number of carbonyl (C=O) groups is 1. The van der Waals surface area contributed by atoms with Gasteiger partial charge in [0.05, 0.1) is 17.0 Å². The number of halogens is 1. The fourth-order valence-corrected chi connectivity index (χ4v) is 2.87. The van der Waals surface area contributed by atoms with Crippen molar-refractivity contribution in [2.45, 2.75) is 0 Å². The first kappa shape index (κ1) is 18.9. The molecule has 122 valence electrons. The van der Waals surface area contributed by atoms with Gasteiger partial charge in [0.25, 0.3) is 0 Å². The van der Waals surface area contributed by atoms with Crippen LogP contribution in [0, 0.1) is 4.77 Å². The van der Waals surface area contributed by atoms with Crippen molar-refractivity contribution in [3.8, 4) is 11.5 Å².